The first-order valence-corrected chi connectivity index (χ1v) is 7.20. The second kappa shape index (κ2) is 7.25. The van der Waals surface area contributed by atoms with Crippen molar-refractivity contribution in [2.75, 3.05) is 6.67 Å². The minimum Gasteiger partial charge on any atom is -0.289 e. The van der Waals surface area contributed by atoms with Gasteiger partial charge in [-0.05, 0) is 23.1 Å². The molecule has 0 aromatic heterocycles. The minimum atomic E-state index is -4.34. The van der Waals surface area contributed by atoms with E-state index in [0.29, 0.717) is 6.42 Å². The van der Waals surface area contributed by atoms with E-state index < -0.39 is 24.2 Å². The molecule has 0 N–H and O–H groups in total. The molecule has 2 rings (SSSR count). The van der Waals surface area contributed by atoms with Gasteiger partial charge in [-0.15, -0.1) is 0 Å². The van der Waals surface area contributed by atoms with E-state index in [4.69, 9.17) is 0 Å². The van der Waals surface area contributed by atoms with Crippen molar-refractivity contribution >= 4 is 17.6 Å². The van der Waals surface area contributed by atoms with Crippen molar-refractivity contribution in [3.8, 4) is 0 Å². The molecular formula is C19H15F3O2. The van der Waals surface area contributed by atoms with Crippen LogP contribution in [0.1, 0.15) is 27.0 Å². The van der Waals surface area contributed by atoms with E-state index in [9.17, 15) is 22.8 Å². The topological polar surface area (TPSA) is 34.1 Å². The van der Waals surface area contributed by atoms with Crippen molar-refractivity contribution in [2.45, 2.75) is 12.3 Å². The Hall–Kier alpha value is -2.69. The van der Waals surface area contributed by atoms with Crippen LogP contribution < -0.4 is 0 Å². The van der Waals surface area contributed by atoms with Gasteiger partial charge in [-0.2, -0.15) is 8.78 Å². The molecule has 24 heavy (non-hydrogen) atoms. The van der Waals surface area contributed by atoms with Gasteiger partial charge in [0.2, 0.25) is 11.6 Å². The van der Waals surface area contributed by atoms with Crippen LogP contribution in [0.25, 0.3) is 6.08 Å². The first-order chi connectivity index (χ1) is 11.4. The zero-order chi connectivity index (χ0) is 17.7. The number of alkyl halides is 3. The number of carbonyl (C=O) groups excluding carboxylic acids is 2. The fourth-order valence-electron chi connectivity index (χ4n) is 2.17. The highest BCUT2D eigenvalue weighted by molar-refractivity contribution is 6.16. The number of carbonyl (C=O) groups is 2. The predicted octanol–water partition coefficient (Wildman–Crippen LogP) is 4.28. The van der Waals surface area contributed by atoms with E-state index in [1.165, 1.54) is 24.3 Å². The second-order valence-electron chi connectivity index (χ2n) is 5.28. The Balaban J connectivity index is 2.13. The van der Waals surface area contributed by atoms with Crippen LogP contribution in [0, 0.1) is 0 Å². The summed E-state index contributed by atoms with van der Waals surface area (Å²) in [6.07, 6.45) is 2.29. The van der Waals surface area contributed by atoms with Crippen molar-refractivity contribution in [3.63, 3.8) is 0 Å². The minimum absolute atomic E-state index is 0.326. The van der Waals surface area contributed by atoms with E-state index in [-0.39, 0.29) is 5.56 Å². The summed E-state index contributed by atoms with van der Waals surface area (Å²) in [5.74, 6) is -8.05. The van der Waals surface area contributed by atoms with Crippen LogP contribution in [0.4, 0.5) is 13.2 Å². The van der Waals surface area contributed by atoms with Crippen LogP contribution in [0.15, 0.2) is 55.1 Å². The monoisotopic (exact) mass is 332 g/mol. The van der Waals surface area contributed by atoms with Gasteiger partial charge in [0.1, 0.15) is 0 Å². The van der Waals surface area contributed by atoms with Gasteiger partial charge < -0.3 is 0 Å². The average Bonchev–Trinajstić information content (AvgIpc) is 2.61. The van der Waals surface area contributed by atoms with Crippen molar-refractivity contribution < 1.29 is 22.8 Å². The number of rotatable bonds is 7. The molecule has 0 aliphatic carbocycles. The highest BCUT2D eigenvalue weighted by Gasteiger charge is 2.46. The van der Waals surface area contributed by atoms with E-state index in [2.05, 4.69) is 6.58 Å². The molecule has 0 saturated heterocycles. The highest BCUT2D eigenvalue weighted by Crippen LogP contribution is 2.22. The van der Waals surface area contributed by atoms with Gasteiger partial charge >= 0.3 is 5.92 Å². The zero-order valence-electron chi connectivity index (χ0n) is 12.8. The Labute approximate surface area is 137 Å². The lowest BCUT2D eigenvalue weighted by Gasteiger charge is -2.12. The average molecular weight is 332 g/mol. The van der Waals surface area contributed by atoms with Gasteiger partial charge in [-0.3, -0.25) is 9.59 Å². The lowest BCUT2D eigenvalue weighted by Crippen LogP contribution is -2.39. The Bertz CT molecular complexity index is 747. The molecule has 0 amide bonds. The normalized spacial score (nSPS) is 11.1. The fraction of sp³-hybridized carbons (Fsp3) is 0.158. The zero-order valence-corrected chi connectivity index (χ0v) is 12.8. The molecule has 0 atom stereocenters. The summed E-state index contributed by atoms with van der Waals surface area (Å²) < 4.78 is 39.1. The van der Waals surface area contributed by atoms with Crippen molar-refractivity contribution in [3.05, 3.63) is 77.4 Å². The van der Waals surface area contributed by atoms with Crippen molar-refractivity contribution in [2.24, 2.45) is 0 Å². The predicted molar refractivity (Wildman–Crippen MR) is 86.0 cm³/mol. The third-order valence-electron chi connectivity index (χ3n) is 3.60. The van der Waals surface area contributed by atoms with Crippen LogP contribution in [0.2, 0.25) is 0 Å². The molecule has 0 bridgehead atoms. The van der Waals surface area contributed by atoms with E-state index >= 15 is 0 Å². The molecule has 0 aliphatic heterocycles. The molecule has 2 aromatic rings. The lowest BCUT2D eigenvalue weighted by molar-refractivity contribution is -0.137. The number of halogens is 3. The van der Waals surface area contributed by atoms with Gasteiger partial charge in [-0.1, -0.05) is 61.2 Å². The van der Waals surface area contributed by atoms with E-state index in [1.807, 2.05) is 24.3 Å². The Morgan fingerprint density at radius 1 is 0.958 bits per heavy atom. The first-order valence-electron chi connectivity index (χ1n) is 7.20. The third kappa shape index (κ3) is 3.79. The van der Waals surface area contributed by atoms with Crippen LogP contribution in [-0.4, -0.2) is 24.2 Å². The molecule has 2 nitrogen and oxygen atoms in total. The number of hydrogen-bond donors (Lipinski definition) is 0. The lowest BCUT2D eigenvalue weighted by atomic mass is 9.98. The number of Topliss-reactive ketones (excluding diaryl/α,β-unsaturated/α-hetero) is 2. The van der Waals surface area contributed by atoms with Crippen molar-refractivity contribution in [1.82, 2.24) is 0 Å². The summed E-state index contributed by atoms with van der Waals surface area (Å²) >= 11 is 0. The summed E-state index contributed by atoms with van der Waals surface area (Å²) in [6, 6.07) is 13.2. The van der Waals surface area contributed by atoms with Crippen LogP contribution in [0.3, 0.4) is 0 Å². The van der Waals surface area contributed by atoms with Gasteiger partial charge in [-0.25, -0.2) is 4.39 Å². The smallest absolute Gasteiger partial charge is 0.289 e. The highest BCUT2D eigenvalue weighted by atomic mass is 19.3. The molecule has 0 fully saturated rings. The Morgan fingerprint density at radius 2 is 1.46 bits per heavy atom. The molecule has 0 saturated carbocycles. The Morgan fingerprint density at radius 3 is 1.92 bits per heavy atom. The molecule has 0 radical (unpaired) electrons. The summed E-state index contributed by atoms with van der Waals surface area (Å²) in [5, 5.41) is 0. The maximum absolute atomic E-state index is 13.5. The second-order valence-corrected chi connectivity index (χ2v) is 5.28. The molecule has 0 heterocycles. The summed E-state index contributed by atoms with van der Waals surface area (Å²) in [6.45, 7) is 1.79. The Kier molecular flexibility index (Phi) is 5.34. The van der Waals surface area contributed by atoms with Gasteiger partial charge in [0, 0.05) is 5.56 Å². The maximum Gasteiger partial charge on any atom is 0.369 e. The largest absolute Gasteiger partial charge is 0.369 e. The van der Waals surface area contributed by atoms with Crippen molar-refractivity contribution in [1.29, 1.82) is 0 Å². The number of ketones is 2. The molecular weight excluding hydrogens is 317 g/mol. The fourth-order valence-corrected chi connectivity index (χ4v) is 2.17. The molecule has 5 heteroatoms. The van der Waals surface area contributed by atoms with Crippen LogP contribution in [-0.2, 0) is 11.2 Å². The quantitative estimate of drug-likeness (QED) is 0.560. The standard InChI is InChI=1S/C19H15F3O2/c1-2-13-3-5-14(6-4-13)11-15-7-9-16(10-8-15)18(24)19(21,22)17(23)12-20/h2-10H,1,11-12H2. The molecule has 124 valence electrons. The van der Waals surface area contributed by atoms with Crippen LogP contribution in [0.5, 0.6) is 0 Å². The van der Waals surface area contributed by atoms with Gasteiger partial charge in [0.05, 0.1) is 0 Å². The van der Waals surface area contributed by atoms with Gasteiger partial charge in [0.25, 0.3) is 0 Å². The van der Waals surface area contributed by atoms with E-state index in [1.54, 1.807) is 6.08 Å². The summed E-state index contributed by atoms with van der Waals surface area (Å²) in [4.78, 5) is 22.5. The molecule has 0 spiro atoms. The number of hydrogen-bond acceptors (Lipinski definition) is 2. The molecule has 2 aromatic carbocycles. The molecule has 0 unspecified atom stereocenters. The summed E-state index contributed by atoms with van der Waals surface area (Å²) in [5.41, 5.74) is 2.49. The number of benzene rings is 2. The van der Waals surface area contributed by atoms with Crippen LogP contribution >= 0.6 is 0 Å². The first kappa shape index (κ1) is 17.7. The summed E-state index contributed by atoms with van der Waals surface area (Å²) in [7, 11) is 0. The third-order valence-corrected chi connectivity index (χ3v) is 3.60. The van der Waals surface area contributed by atoms with E-state index in [0.717, 1.165) is 16.7 Å². The van der Waals surface area contributed by atoms with Gasteiger partial charge in [0.15, 0.2) is 6.67 Å². The molecule has 0 aliphatic rings. The maximum atomic E-state index is 13.5. The SMILES string of the molecule is C=Cc1ccc(Cc2ccc(C(=O)C(F)(F)C(=O)CF)cc2)cc1.